The third kappa shape index (κ3) is 3.85. The summed E-state index contributed by atoms with van der Waals surface area (Å²) in [7, 11) is 0. The molecule has 0 bridgehead atoms. The summed E-state index contributed by atoms with van der Waals surface area (Å²) in [5, 5.41) is 3.27. The topological polar surface area (TPSA) is 25.2 Å². The first-order chi connectivity index (χ1) is 9.20. The molecule has 2 nitrogen and oxygen atoms in total. The average Bonchev–Trinajstić information content (AvgIpc) is 2.85. The van der Waals surface area contributed by atoms with Gasteiger partial charge in [-0.2, -0.15) is 11.8 Å². The van der Waals surface area contributed by atoms with Crippen LogP contribution in [0.4, 0.5) is 4.39 Å². The molecule has 19 heavy (non-hydrogen) atoms. The van der Waals surface area contributed by atoms with Gasteiger partial charge in [0.2, 0.25) is 0 Å². The minimum absolute atomic E-state index is 0.0460. The second-order valence-electron chi connectivity index (χ2n) is 4.43. The number of benzene rings is 1. The van der Waals surface area contributed by atoms with Crippen molar-refractivity contribution in [2.24, 2.45) is 0 Å². The predicted octanol–water partition coefficient (Wildman–Crippen LogP) is 4.13. The van der Waals surface area contributed by atoms with Crippen LogP contribution in [0.5, 0.6) is 0 Å². The largest absolute Gasteiger partial charge is 0.464 e. The Morgan fingerprint density at radius 1 is 1.21 bits per heavy atom. The molecule has 2 aromatic rings. The van der Waals surface area contributed by atoms with Crippen LogP contribution in [0.3, 0.4) is 0 Å². The van der Waals surface area contributed by atoms with Gasteiger partial charge in [-0.25, -0.2) is 4.39 Å². The van der Waals surface area contributed by atoms with E-state index in [1.54, 1.807) is 23.9 Å². The third-order valence-corrected chi connectivity index (χ3v) is 3.53. The molecule has 102 valence electrons. The Morgan fingerprint density at radius 2 is 1.95 bits per heavy atom. The second-order valence-corrected chi connectivity index (χ2v) is 5.29. The highest BCUT2D eigenvalue weighted by molar-refractivity contribution is 7.97. The van der Waals surface area contributed by atoms with Crippen molar-refractivity contribution in [2.45, 2.75) is 25.3 Å². The van der Waals surface area contributed by atoms with Gasteiger partial charge in [-0.05, 0) is 31.4 Å². The van der Waals surface area contributed by atoms with Crippen molar-refractivity contribution >= 4 is 11.8 Å². The predicted molar refractivity (Wildman–Crippen MR) is 77.6 cm³/mol. The van der Waals surface area contributed by atoms with E-state index in [4.69, 9.17) is 4.42 Å². The van der Waals surface area contributed by atoms with Crippen LogP contribution >= 0.6 is 11.8 Å². The molecule has 0 aliphatic heterocycles. The third-order valence-electron chi connectivity index (χ3n) is 2.96. The molecular formula is C15H18FNOS. The summed E-state index contributed by atoms with van der Waals surface area (Å²) < 4.78 is 19.3. The molecule has 1 aromatic carbocycles. The normalized spacial score (nSPS) is 12.6. The molecular weight excluding hydrogens is 261 g/mol. The van der Waals surface area contributed by atoms with Crippen LogP contribution in [0.2, 0.25) is 0 Å². The molecule has 0 saturated carbocycles. The quantitative estimate of drug-likeness (QED) is 0.860. The summed E-state index contributed by atoms with van der Waals surface area (Å²) >= 11 is 1.73. The van der Waals surface area contributed by atoms with Gasteiger partial charge in [0, 0.05) is 11.6 Å². The van der Waals surface area contributed by atoms with Gasteiger partial charge in [-0.3, -0.25) is 0 Å². The number of hydrogen-bond acceptors (Lipinski definition) is 3. The van der Waals surface area contributed by atoms with Crippen molar-refractivity contribution in [3.05, 3.63) is 59.3 Å². The van der Waals surface area contributed by atoms with E-state index in [0.29, 0.717) is 12.1 Å². The lowest BCUT2D eigenvalue weighted by Gasteiger charge is -2.13. The summed E-state index contributed by atoms with van der Waals surface area (Å²) in [6, 6.07) is 10.7. The van der Waals surface area contributed by atoms with E-state index in [-0.39, 0.29) is 11.9 Å². The zero-order valence-corrected chi connectivity index (χ0v) is 12.0. The number of hydrogen-bond donors (Lipinski definition) is 1. The molecule has 1 heterocycles. The van der Waals surface area contributed by atoms with E-state index < -0.39 is 0 Å². The summed E-state index contributed by atoms with van der Waals surface area (Å²) in [5.41, 5.74) is 0.679. The van der Waals surface area contributed by atoms with E-state index in [2.05, 4.69) is 5.32 Å². The molecule has 2 rings (SSSR count). The summed E-state index contributed by atoms with van der Waals surface area (Å²) in [5.74, 6) is 2.56. The molecule has 0 amide bonds. The maximum absolute atomic E-state index is 13.6. The van der Waals surface area contributed by atoms with Gasteiger partial charge < -0.3 is 9.73 Å². The van der Waals surface area contributed by atoms with Gasteiger partial charge in [-0.15, -0.1) is 0 Å². The highest BCUT2D eigenvalue weighted by Gasteiger charge is 2.10. The van der Waals surface area contributed by atoms with Crippen LogP contribution in [0, 0.1) is 5.82 Å². The van der Waals surface area contributed by atoms with Crippen molar-refractivity contribution < 1.29 is 8.81 Å². The molecule has 0 aliphatic rings. The van der Waals surface area contributed by atoms with Gasteiger partial charge in [0.05, 0.1) is 12.3 Å². The van der Waals surface area contributed by atoms with Crippen LogP contribution < -0.4 is 5.32 Å². The van der Waals surface area contributed by atoms with E-state index in [1.165, 1.54) is 6.07 Å². The lowest BCUT2D eigenvalue weighted by Crippen LogP contribution is -2.18. The molecule has 0 radical (unpaired) electrons. The molecule has 1 unspecified atom stereocenters. The van der Waals surface area contributed by atoms with E-state index >= 15 is 0 Å². The fraction of sp³-hybridized carbons (Fsp3) is 0.333. The van der Waals surface area contributed by atoms with E-state index in [1.807, 2.05) is 31.4 Å². The monoisotopic (exact) mass is 279 g/mol. The zero-order chi connectivity index (χ0) is 13.7. The average molecular weight is 279 g/mol. The molecule has 1 atom stereocenters. The van der Waals surface area contributed by atoms with Crippen molar-refractivity contribution in [2.75, 3.05) is 6.26 Å². The minimum atomic E-state index is -0.176. The number of rotatable bonds is 6. The molecule has 0 spiro atoms. The summed E-state index contributed by atoms with van der Waals surface area (Å²) in [6.45, 7) is 2.55. The van der Waals surface area contributed by atoms with Gasteiger partial charge >= 0.3 is 0 Å². The van der Waals surface area contributed by atoms with Crippen molar-refractivity contribution in [3.63, 3.8) is 0 Å². The second kappa shape index (κ2) is 6.78. The number of furan rings is 1. The fourth-order valence-corrected chi connectivity index (χ4v) is 2.37. The first kappa shape index (κ1) is 14.2. The Balaban J connectivity index is 1.92. The molecule has 1 aromatic heterocycles. The Labute approximate surface area is 117 Å². The van der Waals surface area contributed by atoms with Crippen molar-refractivity contribution in [1.82, 2.24) is 5.32 Å². The molecule has 4 heteroatoms. The first-order valence-corrected chi connectivity index (χ1v) is 7.64. The lowest BCUT2D eigenvalue weighted by molar-refractivity contribution is 0.437. The van der Waals surface area contributed by atoms with Crippen molar-refractivity contribution in [1.29, 1.82) is 0 Å². The zero-order valence-electron chi connectivity index (χ0n) is 11.2. The van der Waals surface area contributed by atoms with Crippen LogP contribution in [-0.4, -0.2) is 6.26 Å². The highest BCUT2D eigenvalue weighted by Crippen LogP contribution is 2.18. The smallest absolute Gasteiger partial charge is 0.127 e. The first-order valence-electron chi connectivity index (χ1n) is 6.25. The molecule has 0 aliphatic carbocycles. The van der Waals surface area contributed by atoms with E-state index in [9.17, 15) is 4.39 Å². The van der Waals surface area contributed by atoms with Crippen LogP contribution in [0.15, 0.2) is 40.8 Å². The minimum Gasteiger partial charge on any atom is -0.464 e. The highest BCUT2D eigenvalue weighted by atomic mass is 32.2. The molecule has 1 N–H and O–H groups in total. The lowest BCUT2D eigenvalue weighted by atomic mass is 10.1. The van der Waals surface area contributed by atoms with Gasteiger partial charge in [0.25, 0.3) is 0 Å². The summed E-state index contributed by atoms with van der Waals surface area (Å²) in [4.78, 5) is 0. The number of halogens is 1. The van der Waals surface area contributed by atoms with Gasteiger partial charge in [0.15, 0.2) is 0 Å². The number of thioether (sulfide) groups is 1. The van der Waals surface area contributed by atoms with Crippen LogP contribution in [-0.2, 0) is 12.3 Å². The van der Waals surface area contributed by atoms with Gasteiger partial charge in [0.1, 0.15) is 17.3 Å². The maximum Gasteiger partial charge on any atom is 0.127 e. The Morgan fingerprint density at radius 3 is 2.68 bits per heavy atom. The fourth-order valence-electron chi connectivity index (χ4n) is 1.93. The van der Waals surface area contributed by atoms with Gasteiger partial charge in [-0.1, -0.05) is 18.2 Å². The molecule has 0 saturated heterocycles. The summed E-state index contributed by atoms with van der Waals surface area (Å²) in [6.07, 6.45) is 2.04. The van der Waals surface area contributed by atoms with Crippen molar-refractivity contribution in [3.8, 4) is 0 Å². The SMILES string of the molecule is CSCc1ccc(CNC(C)c2ccccc2F)o1. The maximum atomic E-state index is 13.6. The molecule has 0 fully saturated rings. The van der Waals surface area contributed by atoms with Crippen LogP contribution in [0.25, 0.3) is 0 Å². The standard InChI is InChI=1S/C15H18FNOS/c1-11(14-5-3-4-6-15(14)16)17-9-12-7-8-13(18-12)10-19-2/h3-8,11,17H,9-10H2,1-2H3. The Bertz CT molecular complexity index is 526. The Kier molecular flexibility index (Phi) is 5.05. The number of nitrogens with one attached hydrogen (secondary N) is 1. The Hall–Kier alpha value is -1.26. The van der Waals surface area contributed by atoms with Crippen LogP contribution in [0.1, 0.15) is 30.0 Å². The van der Waals surface area contributed by atoms with E-state index in [0.717, 1.165) is 17.3 Å².